The number of nitrogens with one attached hydrogen (secondary N) is 1. The second-order valence-electron chi connectivity index (χ2n) is 4.34. The molecule has 0 radical (unpaired) electrons. The van der Waals surface area contributed by atoms with Crippen molar-refractivity contribution in [2.75, 3.05) is 18.7 Å². The molecule has 2 rings (SSSR count). The van der Waals surface area contributed by atoms with E-state index in [2.05, 4.69) is 5.32 Å². The number of methoxy groups -OCH3 is 1. The number of thioether (sulfide) groups is 1. The smallest absolute Gasteiger partial charge is 0.270 e. The first-order chi connectivity index (χ1) is 10.1. The van der Waals surface area contributed by atoms with Crippen LogP contribution in [0.4, 0.5) is 11.4 Å². The fourth-order valence-electron chi connectivity index (χ4n) is 1.95. The number of nitro groups is 1. The van der Waals surface area contributed by atoms with Crippen molar-refractivity contribution in [1.29, 1.82) is 0 Å². The van der Waals surface area contributed by atoms with Crippen molar-refractivity contribution < 1.29 is 9.66 Å². The molecule has 0 saturated carbocycles. The lowest BCUT2D eigenvalue weighted by atomic mass is 10.1. The van der Waals surface area contributed by atoms with Gasteiger partial charge in [-0.2, -0.15) is 0 Å². The van der Waals surface area contributed by atoms with E-state index in [0.717, 1.165) is 16.1 Å². The predicted molar refractivity (Wildman–Crippen MR) is 85.2 cm³/mol. The lowest BCUT2D eigenvalue weighted by Gasteiger charge is -2.11. The van der Waals surface area contributed by atoms with E-state index in [9.17, 15) is 10.1 Å². The van der Waals surface area contributed by atoms with E-state index >= 15 is 0 Å². The Morgan fingerprint density at radius 3 is 2.76 bits per heavy atom. The molecule has 5 nitrogen and oxygen atoms in total. The van der Waals surface area contributed by atoms with Crippen LogP contribution in [0.2, 0.25) is 0 Å². The summed E-state index contributed by atoms with van der Waals surface area (Å²) >= 11 is 1.66. The molecule has 0 aliphatic carbocycles. The summed E-state index contributed by atoms with van der Waals surface area (Å²) in [5.41, 5.74) is 1.78. The Kier molecular flexibility index (Phi) is 5.05. The van der Waals surface area contributed by atoms with Crippen LogP contribution in [-0.4, -0.2) is 18.3 Å². The van der Waals surface area contributed by atoms with Crippen molar-refractivity contribution in [1.82, 2.24) is 0 Å². The SMILES string of the molecule is COc1ccc([N+](=O)[O-])cc1CNc1cccc(SC)c1. The Morgan fingerprint density at radius 1 is 1.29 bits per heavy atom. The van der Waals surface area contributed by atoms with Crippen molar-refractivity contribution in [2.45, 2.75) is 11.4 Å². The van der Waals surface area contributed by atoms with Gasteiger partial charge in [0.25, 0.3) is 5.69 Å². The van der Waals surface area contributed by atoms with Gasteiger partial charge in [-0.25, -0.2) is 0 Å². The molecule has 0 fully saturated rings. The summed E-state index contributed by atoms with van der Waals surface area (Å²) in [5.74, 6) is 0.633. The van der Waals surface area contributed by atoms with E-state index < -0.39 is 4.92 Å². The lowest BCUT2D eigenvalue weighted by Crippen LogP contribution is -2.02. The number of ether oxygens (including phenoxy) is 1. The number of rotatable bonds is 6. The van der Waals surface area contributed by atoms with Gasteiger partial charge in [-0.1, -0.05) is 6.07 Å². The Hall–Kier alpha value is -2.21. The first kappa shape index (κ1) is 15.2. The standard InChI is InChI=1S/C15H16N2O3S/c1-20-15-7-6-13(17(18)19)8-11(15)10-16-12-4-3-5-14(9-12)21-2/h3-9,16H,10H2,1-2H3. The van der Waals surface area contributed by atoms with Crippen LogP contribution in [0.15, 0.2) is 47.4 Å². The van der Waals surface area contributed by atoms with E-state index in [1.54, 1.807) is 24.9 Å². The van der Waals surface area contributed by atoms with Crippen molar-refractivity contribution in [2.24, 2.45) is 0 Å². The highest BCUT2D eigenvalue weighted by atomic mass is 32.2. The molecule has 0 amide bonds. The van der Waals surface area contributed by atoms with E-state index in [4.69, 9.17) is 4.74 Å². The maximum Gasteiger partial charge on any atom is 0.270 e. The Morgan fingerprint density at radius 2 is 2.10 bits per heavy atom. The van der Waals surface area contributed by atoms with Gasteiger partial charge in [0, 0.05) is 34.8 Å². The van der Waals surface area contributed by atoms with Gasteiger partial charge in [-0.05, 0) is 30.5 Å². The van der Waals surface area contributed by atoms with Crippen LogP contribution < -0.4 is 10.1 Å². The van der Waals surface area contributed by atoms with Gasteiger partial charge in [-0.3, -0.25) is 10.1 Å². The van der Waals surface area contributed by atoms with Gasteiger partial charge in [0.15, 0.2) is 0 Å². The third-order valence-electron chi connectivity index (χ3n) is 3.03. The molecule has 6 heteroatoms. The molecule has 0 atom stereocenters. The average Bonchev–Trinajstić information content (AvgIpc) is 2.52. The minimum Gasteiger partial charge on any atom is -0.496 e. The number of nitro benzene ring substituents is 1. The summed E-state index contributed by atoms with van der Waals surface area (Å²) in [6.07, 6.45) is 2.02. The number of hydrogen-bond acceptors (Lipinski definition) is 5. The van der Waals surface area contributed by atoms with Crippen LogP contribution in [0.5, 0.6) is 5.75 Å². The largest absolute Gasteiger partial charge is 0.496 e. The summed E-state index contributed by atoms with van der Waals surface area (Å²) < 4.78 is 5.25. The molecule has 0 heterocycles. The monoisotopic (exact) mass is 304 g/mol. The van der Waals surface area contributed by atoms with Crippen LogP contribution in [0.25, 0.3) is 0 Å². The Bertz CT molecular complexity index is 647. The summed E-state index contributed by atoms with van der Waals surface area (Å²) in [7, 11) is 1.55. The van der Waals surface area contributed by atoms with Gasteiger partial charge in [-0.15, -0.1) is 11.8 Å². The summed E-state index contributed by atoms with van der Waals surface area (Å²) in [5, 5.41) is 14.1. The normalized spacial score (nSPS) is 10.2. The topological polar surface area (TPSA) is 64.4 Å². The molecular weight excluding hydrogens is 288 g/mol. The zero-order valence-corrected chi connectivity index (χ0v) is 12.6. The fourth-order valence-corrected chi connectivity index (χ4v) is 2.41. The van der Waals surface area contributed by atoms with E-state index in [1.807, 2.05) is 30.5 Å². The summed E-state index contributed by atoms with van der Waals surface area (Å²) in [4.78, 5) is 11.6. The fraction of sp³-hybridized carbons (Fsp3) is 0.200. The van der Waals surface area contributed by atoms with Crippen LogP contribution >= 0.6 is 11.8 Å². The van der Waals surface area contributed by atoms with Gasteiger partial charge in [0.2, 0.25) is 0 Å². The number of nitrogens with zero attached hydrogens (tertiary/aromatic N) is 1. The molecule has 1 N–H and O–H groups in total. The van der Waals surface area contributed by atoms with Gasteiger partial charge >= 0.3 is 0 Å². The second-order valence-corrected chi connectivity index (χ2v) is 5.22. The minimum absolute atomic E-state index is 0.0606. The van der Waals surface area contributed by atoms with Crippen LogP contribution in [-0.2, 0) is 6.54 Å². The molecular formula is C15H16N2O3S. The lowest BCUT2D eigenvalue weighted by molar-refractivity contribution is -0.384. The first-order valence-electron chi connectivity index (χ1n) is 6.33. The zero-order chi connectivity index (χ0) is 15.2. The van der Waals surface area contributed by atoms with Gasteiger partial charge in [0.1, 0.15) is 5.75 Å². The maximum atomic E-state index is 10.9. The number of hydrogen-bond donors (Lipinski definition) is 1. The van der Waals surface area contributed by atoms with Crippen LogP contribution in [0.3, 0.4) is 0 Å². The van der Waals surface area contributed by atoms with Gasteiger partial charge in [0.05, 0.1) is 12.0 Å². The molecule has 0 saturated heterocycles. The first-order valence-corrected chi connectivity index (χ1v) is 7.55. The summed E-state index contributed by atoms with van der Waals surface area (Å²) in [6.45, 7) is 0.461. The number of non-ortho nitro benzene ring substituents is 1. The van der Waals surface area contributed by atoms with Crippen molar-refractivity contribution in [3.05, 3.63) is 58.1 Å². The van der Waals surface area contributed by atoms with Crippen LogP contribution in [0.1, 0.15) is 5.56 Å². The molecule has 21 heavy (non-hydrogen) atoms. The summed E-state index contributed by atoms with van der Waals surface area (Å²) in [6, 6.07) is 12.6. The third kappa shape index (κ3) is 3.88. The molecule has 2 aromatic carbocycles. The van der Waals surface area contributed by atoms with Crippen LogP contribution in [0, 0.1) is 10.1 Å². The molecule has 0 bridgehead atoms. The van der Waals surface area contributed by atoms with E-state index in [-0.39, 0.29) is 5.69 Å². The maximum absolute atomic E-state index is 10.9. The molecule has 0 aromatic heterocycles. The van der Waals surface area contributed by atoms with Crippen molar-refractivity contribution >= 4 is 23.1 Å². The third-order valence-corrected chi connectivity index (χ3v) is 3.75. The highest BCUT2D eigenvalue weighted by molar-refractivity contribution is 7.98. The highest BCUT2D eigenvalue weighted by Gasteiger charge is 2.11. The second kappa shape index (κ2) is 6.99. The molecule has 0 aliphatic rings. The number of benzene rings is 2. The molecule has 0 spiro atoms. The zero-order valence-electron chi connectivity index (χ0n) is 11.8. The molecule has 2 aromatic rings. The van der Waals surface area contributed by atoms with Crippen molar-refractivity contribution in [3.63, 3.8) is 0 Å². The van der Waals surface area contributed by atoms with E-state index in [1.165, 1.54) is 12.1 Å². The highest BCUT2D eigenvalue weighted by Crippen LogP contribution is 2.25. The quantitative estimate of drug-likeness (QED) is 0.497. The molecule has 110 valence electrons. The predicted octanol–water partition coefficient (Wildman–Crippen LogP) is 3.94. The molecule has 0 aliphatic heterocycles. The Labute approximate surface area is 127 Å². The molecule has 0 unspecified atom stereocenters. The van der Waals surface area contributed by atoms with Gasteiger partial charge < -0.3 is 10.1 Å². The number of anilines is 1. The minimum atomic E-state index is -0.405. The van der Waals surface area contributed by atoms with Crippen molar-refractivity contribution in [3.8, 4) is 5.75 Å². The Balaban J connectivity index is 2.17. The average molecular weight is 304 g/mol. The van der Waals surface area contributed by atoms with E-state index in [0.29, 0.717) is 12.3 Å².